The van der Waals surface area contributed by atoms with Crippen LogP contribution in [-0.2, 0) is 26.2 Å². The van der Waals surface area contributed by atoms with Crippen molar-refractivity contribution < 1.29 is 18.9 Å². The first kappa shape index (κ1) is 29.0. The van der Waals surface area contributed by atoms with E-state index in [-0.39, 0.29) is 0 Å². The van der Waals surface area contributed by atoms with Gasteiger partial charge in [-0.25, -0.2) is 4.98 Å². The fourth-order valence-corrected chi connectivity index (χ4v) is 5.31. The summed E-state index contributed by atoms with van der Waals surface area (Å²) in [5.41, 5.74) is 4.43. The monoisotopic (exact) mass is 566 g/mol. The van der Waals surface area contributed by atoms with Crippen LogP contribution in [0.5, 0.6) is 23.0 Å². The Labute approximate surface area is 248 Å². The van der Waals surface area contributed by atoms with Crippen molar-refractivity contribution in [1.82, 2.24) is 14.5 Å². The number of nitrogens with zero attached hydrogens (tertiary/aromatic N) is 4. The Morgan fingerprint density at radius 3 is 2.48 bits per heavy atom. The van der Waals surface area contributed by atoms with Gasteiger partial charge in [-0.05, 0) is 60.9 Å². The minimum Gasteiger partial charge on any atom is -0.496 e. The third-order valence-electron chi connectivity index (χ3n) is 7.26. The average Bonchev–Trinajstić information content (AvgIpc) is 3.36. The molecule has 1 aliphatic rings. The second-order valence-corrected chi connectivity index (χ2v) is 10.3. The van der Waals surface area contributed by atoms with Crippen LogP contribution in [0.3, 0.4) is 0 Å². The van der Waals surface area contributed by atoms with Gasteiger partial charge in [0.05, 0.1) is 25.0 Å². The fourth-order valence-electron chi connectivity index (χ4n) is 5.31. The van der Waals surface area contributed by atoms with E-state index in [9.17, 15) is 5.26 Å². The molecule has 0 saturated heterocycles. The summed E-state index contributed by atoms with van der Waals surface area (Å²) >= 11 is 0. The summed E-state index contributed by atoms with van der Waals surface area (Å²) in [6, 6.07) is 24.5. The van der Waals surface area contributed by atoms with Gasteiger partial charge in [0.1, 0.15) is 36.6 Å². The second-order valence-electron chi connectivity index (χ2n) is 10.3. The van der Waals surface area contributed by atoms with Gasteiger partial charge in [0.2, 0.25) is 0 Å². The molecule has 0 fully saturated rings. The van der Waals surface area contributed by atoms with Crippen LogP contribution < -0.4 is 18.9 Å². The highest BCUT2D eigenvalue weighted by Crippen LogP contribution is 2.34. The van der Waals surface area contributed by atoms with Crippen LogP contribution in [0, 0.1) is 11.3 Å². The Morgan fingerprint density at radius 1 is 0.929 bits per heavy atom. The summed E-state index contributed by atoms with van der Waals surface area (Å²) in [6.07, 6.45) is 1.99. The largest absolute Gasteiger partial charge is 0.496 e. The van der Waals surface area contributed by atoms with Gasteiger partial charge in [-0.1, -0.05) is 43.7 Å². The van der Waals surface area contributed by atoms with Crippen molar-refractivity contribution in [1.29, 1.82) is 5.26 Å². The number of rotatable bonds is 13. The molecule has 0 saturated carbocycles. The zero-order valence-electron chi connectivity index (χ0n) is 24.6. The first-order valence-electron chi connectivity index (χ1n) is 14.6. The molecule has 1 aromatic heterocycles. The van der Waals surface area contributed by atoms with Crippen LogP contribution in [0.15, 0.2) is 66.7 Å². The maximum Gasteiger partial charge on any atom is 0.163 e. The Kier molecular flexibility index (Phi) is 9.62. The zero-order chi connectivity index (χ0) is 29.3. The summed E-state index contributed by atoms with van der Waals surface area (Å²) in [7, 11) is 1.66. The van der Waals surface area contributed by atoms with Crippen molar-refractivity contribution in [3.05, 3.63) is 89.2 Å². The lowest BCUT2D eigenvalue weighted by molar-refractivity contribution is 0.170. The highest BCUT2D eigenvalue weighted by molar-refractivity contribution is 5.66. The van der Waals surface area contributed by atoms with E-state index in [4.69, 9.17) is 23.9 Å². The van der Waals surface area contributed by atoms with Gasteiger partial charge < -0.3 is 23.5 Å². The summed E-state index contributed by atoms with van der Waals surface area (Å²) < 4.78 is 25.3. The number of hydrogen-bond acceptors (Lipinski definition) is 7. The van der Waals surface area contributed by atoms with Gasteiger partial charge >= 0.3 is 0 Å². The smallest absolute Gasteiger partial charge is 0.163 e. The number of ether oxygens (including phenoxy) is 4. The number of para-hydroxylation sites is 1. The maximum atomic E-state index is 10.3. The molecule has 0 unspecified atom stereocenters. The molecular formula is C34H38N4O4. The normalized spacial score (nSPS) is 12.3. The molecule has 0 spiro atoms. The Balaban J connectivity index is 1.54. The van der Waals surface area contributed by atoms with Crippen LogP contribution in [0.4, 0.5) is 0 Å². The van der Waals surface area contributed by atoms with Crippen LogP contribution in [-0.4, -0.2) is 41.4 Å². The third kappa shape index (κ3) is 6.69. The quantitative estimate of drug-likeness (QED) is 0.180. The number of methoxy groups -OCH3 is 1. The van der Waals surface area contributed by atoms with Crippen LogP contribution in [0.25, 0.3) is 11.4 Å². The summed E-state index contributed by atoms with van der Waals surface area (Å²) in [5, 5.41) is 10.3. The number of unbranched alkanes of at least 4 members (excludes halogenated alkanes) is 1. The van der Waals surface area contributed by atoms with Gasteiger partial charge in [0.25, 0.3) is 0 Å². The molecule has 5 rings (SSSR count). The molecule has 0 N–H and O–H groups in total. The van der Waals surface area contributed by atoms with Crippen LogP contribution >= 0.6 is 0 Å². The van der Waals surface area contributed by atoms with Gasteiger partial charge in [-0.2, -0.15) is 5.26 Å². The Bertz CT molecular complexity index is 1540. The number of hydrogen-bond donors (Lipinski definition) is 0. The number of fused-ring (bicyclic) bond motifs is 1. The molecule has 8 heteroatoms. The molecule has 0 bridgehead atoms. The van der Waals surface area contributed by atoms with Crippen molar-refractivity contribution in [2.75, 3.05) is 26.9 Å². The third-order valence-corrected chi connectivity index (χ3v) is 7.26. The van der Waals surface area contributed by atoms with Gasteiger partial charge in [-0.15, -0.1) is 0 Å². The van der Waals surface area contributed by atoms with Crippen LogP contribution in [0.2, 0.25) is 0 Å². The van der Waals surface area contributed by atoms with Crippen molar-refractivity contribution in [2.24, 2.45) is 0 Å². The average molecular weight is 567 g/mol. The first-order valence-corrected chi connectivity index (χ1v) is 14.6. The maximum absolute atomic E-state index is 10.3. The molecule has 42 heavy (non-hydrogen) atoms. The van der Waals surface area contributed by atoms with Crippen molar-refractivity contribution >= 4 is 0 Å². The van der Waals surface area contributed by atoms with E-state index in [1.807, 2.05) is 49.4 Å². The summed E-state index contributed by atoms with van der Waals surface area (Å²) in [4.78, 5) is 7.20. The number of benzene rings is 3. The SMILES string of the molecule is CCCCn1c(-c2ccccc2OC)nc(C#N)c1CN(Cc1cccc(OCC)c1)Cc1ccc2c(c1)OCCO2. The van der Waals surface area contributed by atoms with Crippen LogP contribution in [0.1, 0.15) is 49.2 Å². The van der Waals surface area contributed by atoms with Gasteiger partial charge in [0, 0.05) is 26.2 Å². The Hall–Kier alpha value is -4.48. The minimum atomic E-state index is 0.433. The molecule has 3 aromatic carbocycles. The fraction of sp³-hybridized carbons (Fsp3) is 0.353. The molecule has 8 nitrogen and oxygen atoms in total. The predicted molar refractivity (Wildman–Crippen MR) is 162 cm³/mol. The van der Waals surface area contributed by atoms with E-state index in [0.717, 1.165) is 70.6 Å². The highest BCUT2D eigenvalue weighted by atomic mass is 16.6. The number of nitriles is 1. The molecule has 2 heterocycles. The standard InChI is InChI=1S/C34H38N4O4/c1-4-6-16-38-30(29(21-35)36-34(38)28-12-7-8-13-31(28)39-3)24-37(22-25-10-9-11-27(19-25)40-5-2)23-26-14-15-32-33(20-26)42-18-17-41-32/h7-15,19-20H,4-6,16-18,22-24H2,1-3H3. The van der Waals surface area contributed by atoms with Crippen molar-refractivity contribution in [3.8, 4) is 40.5 Å². The van der Waals surface area contributed by atoms with Gasteiger partial charge in [-0.3, -0.25) is 4.90 Å². The Morgan fingerprint density at radius 2 is 1.71 bits per heavy atom. The lowest BCUT2D eigenvalue weighted by Crippen LogP contribution is -2.25. The van der Waals surface area contributed by atoms with E-state index in [2.05, 4.69) is 46.7 Å². The molecule has 0 radical (unpaired) electrons. The zero-order valence-corrected chi connectivity index (χ0v) is 24.6. The van der Waals surface area contributed by atoms with E-state index in [1.54, 1.807) is 7.11 Å². The molecule has 0 atom stereocenters. The predicted octanol–water partition coefficient (Wildman–Crippen LogP) is 6.60. The molecular weight excluding hydrogens is 528 g/mol. The van der Waals surface area contributed by atoms with E-state index < -0.39 is 0 Å². The minimum absolute atomic E-state index is 0.433. The highest BCUT2D eigenvalue weighted by Gasteiger charge is 2.23. The van der Waals surface area contributed by atoms with E-state index in [0.29, 0.717) is 45.1 Å². The number of aromatic nitrogens is 2. The van der Waals surface area contributed by atoms with E-state index in [1.165, 1.54) is 0 Å². The topological polar surface area (TPSA) is 81.8 Å². The summed E-state index contributed by atoms with van der Waals surface area (Å²) in [5.74, 6) is 3.87. The molecule has 218 valence electrons. The molecule has 1 aliphatic heterocycles. The van der Waals surface area contributed by atoms with E-state index >= 15 is 0 Å². The van der Waals surface area contributed by atoms with Crippen molar-refractivity contribution in [3.63, 3.8) is 0 Å². The summed E-state index contributed by atoms with van der Waals surface area (Å²) in [6.45, 7) is 8.45. The molecule has 0 amide bonds. The molecule has 0 aliphatic carbocycles. The lowest BCUT2D eigenvalue weighted by atomic mass is 10.1. The first-order chi connectivity index (χ1) is 20.6. The van der Waals surface area contributed by atoms with Gasteiger partial charge in [0.15, 0.2) is 17.2 Å². The second kappa shape index (κ2) is 13.9. The number of imidazole rings is 1. The molecule has 4 aromatic rings. The van der Waals surface area contributed by atoms with Crippen molar-refractivity contribution in [2.45, 2.75) is 52.9 Å². The lowest BCUT2D eigenvalue weighted by Gasteiger charge is -2.25.